The van der Waals surface area contributed by atoms with E-state index in [1.165, 1.54) is 45.4 Å². The molecule has 23 heteroatoms. The summed E-state index contributed by atoms with van der Waals surface area (Å²) in [5.41, 5.74) is 0. The molecular formula is C48H87N5O18. The third-order valence-electron chi connectivity index (χ3n) is 10.1. The summed E-state index contributed by atoms with van der Waals surface area (Å²) in [6.07, 6.45) is 15.4. The Bertz CT molecular complexity index is 1410. The fourth-order valence-electron chi connectivity index (χ4n) is 6.36. The first kappa shape index (κ1) is 66.6. The first-order valence-electron chi connectivity index (χ1n) is 25.3. The van der Waals surface area contributed by atoms with Gasteiger partial charge in [-0.05, 0) is 26.2 Å². The number of unbranched alkanes of at least 4 members (excludes halogenated alkanes) is 13. The number of aliphatic carboxylic acids is 2. The quantitative estimate of drug-likeness (QED) is 0.0428. The molecule has 412 valence electrons. The Morgan fingerprint density at radius 2 is 0.662 bits per heavy atom. The fraction of sp³-hybridized carbons (Fsp3) is 0.833. The van der Waals surface area contributed by atoms with Gasteiger partial charge in [-0.3, -0.25) is 33.6 Å². The third kappa shape index (κ3) is 51.8. The molecule has 0 heterocycles. The van der Waals surface area contributed by atoms with Crippen molar-refractivity contribution in [2.24, 2.45) is 0 Å². The topological polar surface area (TPSA) is 311 Å². The van der Waals surface area contributed by atoms with E-state index in [-0.39, 0.29) is 167 Å². The minimum atomic E-state index is -1.19. The Morgan fingerprint density at radius 1 is 0.352 bits per heavy atom. The van der Waals surface area contributed by atoms with Crippen LogP contribution in [0.5, 0.6) is 0 Å². The summed E-state index contributed by atoms with van der Waals surface area (Å²) in [4.78, 5) is 93.1. The molecule has 0 spiro atoms. The molecule has 0 aromatic carbocycles. The second kappa shape index (κ2) is 50.6. The number of rotatable bonds is 54. The first-order valence-corrected chi connectivity index (χ1v) is 25.3. The maximum absolute atomic E-state index is 12.3. The van der Waals surface area contributed by atoms with Crippen molar-refractivity contribution in [1.29, 1.82) is 0 Å². The zero-order valence-electron chi connectivity index (χ0n) is 42.4. The van der Waals surface area contributed by atoms with Crippen LogP contribution in [0, 0.1) is 0 Å². The highest BCUT2D eigenvalue weighted by Gasteiger charge is 2.21. The molecule has 0 bridgehead atoms. The maximum atomic E-state index is 12.3. The molecule has 0 unspecified atom stereocenters. The molecule has 0 fully saturated rings. The number of carbonyl (C=O) groups excluding carboxylic acids is 6. The number of hydrogen-bond acceptors (Lipinski definition) is 16. The zero-order valence-corrected chi connectivity index (χ0v) is 42.4. The predicted octanol–water partition coefficient (Wildman–Crippen LogP) is 1.85. The predicted molar refractivity (Wildman–Crippen MR) is 260 cm³/mol. The summed E-state index contributed by atoms with van der Waals surface area (Å²) < 4.78 is 42.3. The molecule has 0 radical (unpaired) electrons. The Hall–Kier alpha value is -4.36. The van der Waals surface area contributed by atoms with E-state index in [1.54, 1.807) is 0 Å². The average Bonchev–Trinajstić information content (AvgIpc) is 3.33. The second-order valence-corrected chi connectivity index (χ2v) is 16.6. The van der Waals surface area contributed by atoms with Gasteiger partial charge in [0.05, 0.1) is 79.3 Å². The lowest BCUT2D eigenvalue weighted by atomic mass is 10.0. The summed E-state index contributed by atoms with van der Waals surface area (Å²) in [5.74, 6) is -3.62. The maximum Gasteiger partial charge on any atom is 0.326 e. The van der Waals surface area contributed by atoms with Crippen LogP contribution in [0.1, 0.15) is 122 Å². The molecule has 7 N–H and O–H groups in total. The summed E-state index contributed by atoms with van der Waals surface area (Å²) in [7, 11) is 0. The molecule has 0 saturated carbocycles. The van der Waals surface area contributed by atoms with Crippen LogP contribution in [0.25, 0.3) is 0 Å². The van der Waals surface area contributed by atoms with Crippen molar-refractivity contribution in [2.75, 3.05) is 132 Å². The molecule has 0 aliphatic carbocycles. The molecule has 71 heavy (non-hydrogen) atoms. The smallest absolute Gasteiger partial charge is 0.326 e. The molecule has 0 aliphatic heterocycles. The second-order valence-electron chi connectivity index (χ2n) is 16.6. The number of hydrogen-bond donors (Lipinski definition) is 7. The Morgan fingerprint density at radius 3 is 1.00 bits per heavy atom. The van der Waals surface area contributed by atoms with Gasteiger partial charge in [0.1, 0.15) is 32.5 Å². The van der Waals surface area contributed by atoms with Crippen molar-refractivity contribution in [3.05, 3.63) is 0 Å². The lowest BCUT2D eigenvalue weighted by Gasteiger charge is -2.14. The van der Waals surface area contributed by atoms with Crippen LogP contribution in [0.15, 0.2) is 0 Å². The van der Waals surface area contributed by atoms with Gasteiger partial charge in [-0.2, -0.15) is 0 Å². The largest absolute Gasteiger partial charge is 0.481 e. The normalized spacial score (nSPS) is 11.5. The van der Waals surface area contributed by atoms with Crippen molar-refractivity contribution < 1.29 is 86.5 Å². The van der Waals surface area contributed by atoms with Gasteiger partial charge in [0.15, 0.2) is 5.78 Å². The van der Waals surface area contributed by atoms with Gasteiger partial charge >= 0.3 is 11.9 Å². The van der Waals surface area contributed by atoms with Gasteiger partial charge in [0.25, 0.3) is 0 Å². The van der Waals surface area contributed by atoms with Crippen LogP contribution in [-0.2, 0) is 76.3 Å². The van der Waals surface area contributed by atoms with E-state index in [9.17, 15) is 43.5 Å². The van der Waals surface area contributed by atoms with E-state index in [2.05, 4.69) is 26.6 Å². The van der Waals surface area contributed by atoms with Crippen LogP contribution < -0.4 is 26.6 Å². The summed E-state index contributed by atoms with van der Waals surface area (Å²) in [6.45, 7) is 4.86. The number of nitrogens with one attached hydrogen (secondary N) is 5. The zero-order chi connectivity index (χ0) is 52.3. The molecule has 0 aliphatic rings. The lowest BCUT2D eigenvalue weighted by Crippen LogP contribution is -2.41. The van der Waals surface area contributed by atoms with Gasteiger partial charge in [-0.15, -0.1) is 0 Å². The van der Waals surface area contributed by atoms with E-state index in [0.717, 1.165) is 44.9 Å². The molecule has 0 saturated heterocycles. The van der Waals surface area contributed by atoms with Crippen molar-refractivity contribution in [3.8, 4) is 0 Å². The average molecular weight is 1020 g/mol. The van der Waals surface area contributed by atoms with Crippen molar-refractivity contribution in [2.45, 2.75) is 129 Å². The highest BCUT2D eigenvalue weighted by molar-refractivity contribution is 5.84. The molecule has 0 rings (SSSR count). The number of carboxylic acids is 2. The number of carbonyl (C=O) groups is 8. The van der Waals surface area contributed by atoms with Gasteiger partial charge in [-0.1, -0.05) is 77.0 Å². The van der Waals surface area contributed by atoms with Crippen LogP contribution in [0.2, 0.25) is 0 Å². The van der Waals surface area contributed by atoms with E-state index in [1.807, 2.05) is 0 Å². The monoisotopic (exact) mass is 1020 g/mol. The lowest BCUT2D eigenvalue weighted by molar-refractivity contribution is -0.142. The van der Waals surface area contributed by atoms with Crippen LogP contribution >= 0.6 is 0 Å². The highest BCUT2D eigenvalue weighted by atomic mass is 16.5. The fourth-order valence-corrected chi connectivity index (χ4v) is 6.36. The number of ether oxygens (including phenoxy) is 8. The number of ketones is 1. The number of Topliss-reactive ketones (excluding diaryl/α,β-unsaturated/α-hetero) is 1. The minimum absolute atomic E-state index is 0.0365. The first-order chi connectivity index (χ1) is 34.4. The van der Waals surface area contributed by atoms with E-state index < -0.39 is 18.0 Å². The Kier molecular flexibility index (Phi) is 47.5. The standard InChI is InChI=1S/C48H87N5O18/c1-40(54)36-68-32-28-65-25-21-50-44(57)38-70-34-30-67-27-23-52-46(59)39-71-35-31-66-26-22-51-45(58)37-69-33-29-64-24-20-49-42(55)19-18-41(48(62)63)53-43(56)16-14-12-10-8-6-4-2-3-5-7-9-11-13-15-17-47(60)61/h41H,2-39H2,1H3,(H,49,55)(H,50,57)(H,51,58)(H,52,59)(H,53,56)(H,60,61)(H,62,63)/t41-/m0/s1. The third-order valence-corrected chi connectivity index (χ3v) is 10.1. The molecule has 0 aromatic rings. The van der Waals surface area contributed by atoms with Crippen LogP contribution in [-0.4, -0.2) is 195 Å². The molecule has 1 atom stereocenters. The Labute approximate surface area is 419 Å². The highest BCUT2D eigenvalue weighted by Crippen LogP contribution is 2.14. The van der Waals surface area contributed by atoms with Crippen molar-refractivity contribution in [3.63, 3.8) is 0 Å². The summed E-state index contributed by atoms with van der Waals surface area (Å²) in [5, 5.41) is 31.3. The number of carboxylic acid groups (broad SMARTS) is 2. The Balaban J connectivity index is 3.59. The van der Waals surface area contributed by atoms with Gasteiger partial charge in [-0.25, -0.2) is 4.79 Å². The molecule has 0 aromatic heterocycles. The number of amides is 5. The molecule has 23 nitrogen and oxygen atoms in total. The van der Waals surface area contributed by atoms with E-state index in [0.29, 0.717) is 32.8 Å². The van der Waals surface area contributed by atoms with Crippen LogP contribution in [0.4, 0.5) is 0 Å². The van der Waals surface area contributed by atoms with Crippen molar-refractivity contribution >= 4 is 47.3 Å². The summed E-state index contributed by atoms with van der Waals surface area (Å²) >= 11 is 0. The van der Waals surface area contributed by atoms with E-state index >= 15 is 0 Å². The minimum Gasteiger partial charge on any atom is -0.481 e. The van der Waals surface area contributed by atoms with Crippen molar-refractivity contribution in [1.82, 2.24) is 26.6 Å². The van der Waals surface area contributed by atoms with Gasteiger partial charge in [0.2, 0.25) is 29.5 Å². The van der Waals surface area contributed by atoms with E-state index in [4.69, 9.17) is 43.0 Å². The van der Waals surface area contributed by atoms with Crippen LogP contribution in [0.3, 0.4) is 0 Å². The van der Waals surface area contributed by atoms with Gasteiger partial charge in [0, 0.05) is 45.4 Å². The van der Waals surface area contributed by atoms with Gasteiger partial charge < -0.3 is 74.7 Å². The summed E-state index contributed by atoms with van der Waals surface area (Å²) in [6, 6.07) is -1.15. The molecular weight excluding hydrogens is 935 g/mol. The SMILES string of the molecule is CC(=O)COCCOCCNC(=O)COCCOCCNC(=O)COCCOCCNC(=O)COCCOCCNC(=O)CC[C@H](NC(=O)CCCCCCCCCCCCCCCCC(=O)O)C(=O)O. The molecule has 5 amide bonds.